The Morgan fingerprint density at radius 2 is 2.00 bits per heavy atom. The molecule has 110 valence electrons. The molecular weight excluding hydrogens is 250 g/mol. The largest absolute Gasteiger partial charge is 0.370 e. The van der Waals surface area contributed by atoms with Gasteiger partial charge in [-0.15, -0.1) is 0 Å². The van der Waals surface area contributed by atoms with Crippen LogP contribution in [0.4, 0.5) is 5.82 Å². The highest BCUT2D eigenvalue weighted by Gasteiger charge is 2.23. The van der Waals surface area contributed by atoms with E-state index in [1.807, 2.05) is 31.0 Å². The lowest BCUT2D eigenvalue weighted by atomic mass is 10.1. The van der Waals surface area contributed by atoms with Crippen LogP contribution in [0.3, 0.4) is 0 Å². The molecule has 0 radical (unpaired) electrons. The quantitative estimate of drug-likeness (QED) is 0.857. The molecule has 0 bridgehead atoms. The second kappa shape index (κ2) is 7.27. The minimum Gasteiger partial charge on any atom is -0.370 e. The van der Waals surface area contributed by atoms with Crippen molar-refractivity contribution >= 4 is 11.7 Å². The average Bonchev–Trinajstić information content (AvgIpc) is 2.75. The third-order valence-corrected chi connectivity index (χ3v) is 4.02. The Hall–Kier alpha value is -1.58. The molecule has 2 rings (SSSR count). The molecule has 4 nitrogen and oxygen atoms in total. The van der Waals surface area contributed by atoms with Gasteiger partial charge in [0.2, 0.25) is 0 Å². The summed E-state index contributed by atoms with van der Waals surface area (Å²) in [5.41, 5.74) is 0.537. The van der Waals surface area contributed by atoms with Crippen molar-refractivity contribution in [2.24, 2.45) is 0 Å². The normalized spacial score (nSPS) is 16.5. The highest BCUT2D eigenvalue weighted by molar-refractivity contribution is 5.92. The van der Waals surface area contributed by atoms with Crippen LogP contribution in [0.15, 0.2) is 18.2 Å². The van der Waals surface area contributed by atoms with E-state index in [0.717, 1.165) is 25.2 Å². The number of nitrogens with one attached hydrogen (secondary N) is 1. The summed E-state index contributed by atoms with van der Waals surface area (Å²) < 4.78 is 0. The summed E-state index contributed by atoms with van der Waals surface area (Å²) in [7, 11) is 1.92. The van der Waals surface area contributed by atoms with Crippen molar-refractivity contribution in [3.05, 3.63) is 23.9 Å². The zero-order valence-corrected chi connectivity index (χ0v) is 12.6. The molecule has 0 saturated heterocycles. The van der Waals surface area contributed by atoms with Gasteiger partial charge in [-0.2, -0.15) is 0 Å². The van der Waals surface area contributed by atoms with E-state index in [-0.39, 0.29) is 5.91 Å². The predicted molar refractivity (Wildman–Crippen MR) is 82.0 cm³/mol. The van der Waals surface area contributed by atoms with E-state index < -0.39 is 0 Å². The Bertz CT molecular complexity index is 439. The van der Waals surface area contributed by atoms with E-state index in [1.54, 1.807) is 6.07 Å². The Labute approximate surface area is 121 Å². The number of rotatable bonds is 4. The van der Waals surface area contributed by atoms with Gasteiger partial charge >= 0.3 is 0 Å². The number of carbonyl (C=O) groups excluding carboxylic acids is 1. The van der Waals surface area contributed by atoms with Gasteiger partial charge in [-0.3, -0.25) is 4.79 Å². The average molecular weight is 275 g/mol. The summed E-state index contributed by atoms with van der Waals surface area (Å²) >= 11 is 0. The van der Waals surface area contributed by atoms with Crippen LogP contribution in [0.5, 0.6) is 0 Å². The maximum atomic E-state index is 12.5. The van der Waals surface area contributed by atoms with E-state index in [1.165, 1.54) is 25.7 Å². The molecule has 4 heteroatoms. The van der Waals surface area contributed by atoms with Gasteiger partial charge in [-0.1, -0.05) is 31.7 Å². The van der Waals surface area contributed by atoms with Crippen molar-refractivity contribution < 1.29 is 4.79 Å². The molecule has 1 fully saturated rings. The fourth-order valence-corrected chi connectivity index (χ4v) is 2.83. The van der Waals surface area contributed by atoms with Gasteiger partial charge in [0, 0.05) is 19.6 Å². The van der Waals surface area contributed by atoms with E-state index in [4.69, 9.17) is 0 Å². The molecule has 1 aromatic heterocycles. The number of aromatic nitrogens is 1. The molecule has 0 atom stereocenters. The van der Waals surface area contributed by atoms with E-state index in [9.17, 15) is 4.79 Å². The fourth-order valence-electron chi connectivity index (χ4n) is 2.83. The van der Waals surface area contributed by atoms with Crippen LogP contribution in [0.2, 0.25) is 0 Å². The van der Waals surface area contributed by atoms with Crippen LogP contribution < -0.4 is 5.32 Å². The summed E-state index contributed by atoms with van der Waals surface area (Å²) in [6.07, 6.45) is 7.30. The second-order valence-corrected chi connectivity index (χ2v) is 5.50. The monoisotopic (exact) mass is 275 g/mol. The smallest absolute Gasteiger partial charge is 0.272 e. The molecular formula is C16H25N3O. The van der Waals surface area contributed by atoms with Crippen molar-refractivity contribution in [1.29, 1.82) is 0 Å². The van der Waals surface area contributed by atoms with Crippen LogP contribution in [0.25, 0.3) is 0 Å². The Kier molecular flexibility index (Phi) is 5.39. The first-order valence-corrected chi connectivity index (χ1v) is 7.70. The lowest BCUT2D eigenvalue weighted by molar-refractivity contribution is 0.0712. The molecule has 1 aliphatic rings. The highest BCUT2D eigenvalue weighted by Crippen LogP contribution is 2.22. The number of hydrogen-bond acceptors (Lipinski definition) is 3. The Morgan fingerprint density at radius 1 is 1.30 bits per heavy atom. The summed E-state index contributed by atoms with van der Waals surface area (Å²) in [5, 5.41) is 3.15. The molecule has 0 spiro atoms. The first kappa shape index (κ1) is 14.8. The molecule has 0 aliphatic heterocycles. The standard InChI is InChI=1S/C16H25N3O/c1-3-17-15-12-8-11-14(18-15)16(20)19(2)13-9-6-4-5-7-10-13/h8,11-13H,3-7,9-10H2,1-2H3,(H,17,18). The first-order valence-electron chi connectivity index (χ1n) is 7.70. The Morgan fingerprint density at radius 3 is 2.65 bits per heavy atom. The molecule has 20 heavy (non-hydrogen) atoms. The number of pyridine rings is 1. The van der Waals surface area contributed by atoms with Gasteiger partial charge in [0.1, 0.15) is 11.5 Å². The van der Waals surface area contributed by atoms with E-state index >= 15 is 0 Å². The lowest BCUT2D eigenvalue weighted by Gasteiger charge is -2.27. The van der Waals surface area contributed by atoms with Crippen LogP contribution in [0.1, 0.15) is 55.9 Å². The fraction of sp³-hybridized carbons (Fsp3) is 0.625. The second-order valence-electron chi connectivity index (χ2n) is 5.50. The van der Waals surface area contributed by atoms with Crippen LogP contribution in [0, 0.1) is 0 Å². The topological polar surface area (TPSA) is 45.2 Å². The number of anilines is 1. The van der Waals surface area contributed by atoms with Crippen LogP contribution >= 0.6 is 0 Å². The maximum Gasteiger partial charge on any atom is 0.272 e. The van der Waals surface area contributed by atoms with Crippen LogP contribution in [-0.4, -0.2) is 35.4 Å². The van der Waals surface area contributed by atoms with Gasteiger partial charge in [0.05, 0.1) is 0 Å². The Balaban J connectivity index is 2.07. The third-order valence-electron chi connectivity index (χ3n) is 4.02. The van der Waals surface area contributed by atoms with Crippen LogP contribution in [-0.2, 0) is 0 Å². The number of nitrogens with zero attached hydrogens (tertiary/aromatic N) is 2. The highest BCUT2D eigenvalue weighted by atomic mass is 16.2. The molecule has 1 N–H and O–H groups in total. The van der Waals surface area contributed by atoms with Crippen molar-refractivity contribution in [3.8, 4) is 0 Å². The summed E-state index contributed by atoms with van der Waals surface area (Å²) in [5.74, 6) is 0.810. The van der Waals surface area contributed by atoms with Crippen molar-refractivity contribution in [1.82, 2.24) is 9.88 Å². The summed E-state index contributed by atoms with van der Waals surface area (Å²) in [4.78, 5) is 18.8. The van der Waals surface area contributed by atoms with E-state index in [0.29, 0.717) is 11.7 Å². The number of amides is 1. The summed E-state index contributed by atoms with van der Waals surface area (Å²) in [6, 6.07) is 5.95. The minimum absolute atomic E-state index is 0.0386. The first-order chi connectivity index (χ1) is 9.72. The summed E-state index contributed by atoms with van der Waals surface area (Å²) in [6.45, 7) is 2.83. The molecule has 1 amide bonds. The minimum atomic E-state index is 0.0386. The van der Waals surface area contributed by atoms with Gasteiger partial charge in [-0.05, 0) is 31.9 Å². The molecule has 1 aromatic rings. The zero-order chi connectivity index (χ0) is 14.4. The van der Waals surface area contributed by atoms with Crippen molar-refractivity contribution in [2.45, 2.75) is 51.5 Å². The maximum absolute atomic E-state index is 12.5. The van der Waals surface area contributed by atoms with Gasteiger partial charge in [-0.25, -0.2) is 4.98 Å². The van der Waals surface area contributed by atoms with Crippen molar-refractivity contribution in [3.63, 3.8) is 0 Å². The van der Waals surface area contributed by atoms with E-state index in [2.05, 4.69) is 10.3 Å². The SMILES string of the molecule is CCNc1cccc(C(=O)N(C)C2CCCCCC2)n1. The molecule has 1 saturated carbocycles. The van der Waals surface area contributed by atoms with Gasteiger partial charge in [0.15, 0.2) is 0 Å². The van der Waals surface area contributed by atoms with Gasteiger partial charge in [0.25, 0.3) is 5.91 Å². The molecule has 0 aromatic carbocycles. The molecule has 1 aliphatic carbocycles. The number of carbonyl (C=O) groups is 1. The molecule has 0 unspecified atom stereocenters. The number of hydrogen-bond donors (Lipinski definition) is 1. The third kappa shape index (κ3) is 3.71. The van der Waals surface area contributed by atoms with Crippen molar-refractivity contribution in [2.75, 3.05) is 18.9 Å². The lowest BCUT2D eigenvalue weighted by Crippen LogP contribution is -2.37. The zero-order valence-electron chi connectivity index (χ0n) is 12.6. The predicted octanol–water partition coefficient (Wildman–Crippen LogP) is 3.31. The molecule has 1 heterocycles. The van der Waals surface area contributed by atoms with Gasteiger partial charge < -0.3 is 10.2 Å².